The lowest BCUT2D eigenvalue weighted by Crippen LogP contribution is -2.31. The lowest BCUT2D eigenvalue weighted by atomic mass is 10.0. The summed E-state index contributed by atoms with van der Waals surface area (Å²) < 4.78 is 0. The second kappa shape index (κ2) is 7.47. The second-order valence-corrected chi connectivity index (χ2v) is 6.46. The Kier molecular flexibility index (Phi) is 5.12. The monoisotopic (exact) mass is 337 g/mol. The SMILES string of the molecule is CC(=O)NCc1cc([C@@H]2CCCN2C(=O)c2ccccc2C)ccn1. The summed E-state index contributed by atoms with van der Waals surface area (Å²) in [6.45, 7) is 4.63. The number of hydrogen-bond donors (Lipinski definition) is 1. The standard InChI is InChI=1S/C20H23N3O2/c1-14-6-3-4-7-18(14)20(25)23-11-5-8-19(23)16-9-10-21-17(12-16)13-22-15(2)24/h3-4,6-7,9-10,12,19H,5,8,11,13H2,1-2H3,(H,22,24)/t19-/m0/s1. The number of benzene rings is 1. The molecule has 1 saturated heterocycles. The predicted molar refractivity (Wildman–Crippen MR) is 95.9 cm³/mol. The summed E-state index contributed by atoms with van der Waals surface area (Å²) in [5.41, 5.74) is 3.65. The first-order valence-electron chi connectivity index (χ1n) is 8.62. The van der Waals surface area contributed by atoms with Gasteiger partial charge in [0.05, 0.1) is 18.3 Å². The van der Waals surface area contributed by atoms with E-state index in [9.17, 15) is 9.59 Å². The number of carbonyl (C=O) groups is 2. The molecule has 1 aromatic heterocycles. The third kappa shape index (κ3) is 3.87. The number of likely N-dealkylation sites (tertiary alicyclic amines) is 1. The summed E-state index contributed by atoms with van der Waals surface area (Å²) in [4.78, 5) is 30.4. The molecule has 25 heavy (non-hydrogen) atoms. The van der Waals surface area contributed by atoms with Gasteiger partial charge in [0.2, 0.25) is 5.91 Å². The summed E-state index contributed by atoms with van der Waals surface area (Å²) in [5, 5.41) is 2.76. The molecule has 1 fully saturated rings. The first-order chi connectivity index (χ1) is 12.1. The lowest BCUT2D eigenvalue weighted by Gasteiger charge is -2.26. The topological polar surface area (TPSA) is 62.3 Å². The van der Waals surface area contributed by atoms with Crippen LogP contribution in [0.1, 0.15) is 53.0 Å². The van der Waals surface area contributed by atoms with Crippen molar-refractivity contribution in [3.8, 4) is 0 Å². The van der Waals surface area contributed by atoms with Gasteiger partial charge >= 0.3 is 0 Å². The van der Waals surface area contributed by atoms with E-state index >= 15 is 0 Å². The van der Waals surface area contributed by atoms with E-state index in [-0.39, 0.29) is 17.9 Å². The average Bonchev–Trinajstić information content (AvgIpc) is 3.10. The van der Waals surface area contributed by atoms with E-state index in [1.165, 1.54) is 6.92 Å². The molecule has 1 atom stereocenters. The largest absolute Gasteiger partial charge is 0.351 e. The number of aryl methyl sites for hydroxylation is 1. The first kappa shape index (κ1) is 17.1. The van der Waals surface area contributed by atoms with Crippen molar-refractivity contribution in [2.45, 2.75) is 39.3 Å². The van der Waals surface area contributed by atoms with Crippen molar-refractivity contribution in [2.75, 3.05) is 6.54 Å². The molecule has 1 aromatic carbocycles. The molecule has 1 aliphatic rings. The molecule has 1 aliphatic heterocycles. The van der Waals surface area contributed by atoms with Crippen molar-refractivity contribution in [1.29, 1.82) is 0 Å². The van der Waals surface area contributed by atoms with E-state index < -0.39 is 0 Å². The zero-order valence-corrected chi connectivity index (χ0v) is 14.7. The maximum absolute atomic E-state index is 13.0. The highest BCUT2D eigenvalue weighted by atomic mass is 16.2. The van der Waals surface area contributed by atoms with Crippen LogP contribution in [-0.4, -0.2) is 28.2 Å². The molecular formula is C20H23N3O2. The van der Waals surface area contributed by atoms with E-state index in [1.54, 1.807) is 6.20 Å². The number of hydrogen-bond acceptors (Lipinski definition) is 3. The molecule has 2 amide bonds. The Morgan fingerprint density at radius 2 is 2.08 bits per heavy atom. The highest BCUT2D eigenvalue weighted by molar-refractivity contribution is 5.96. The maximum atomic E-state index is 13.0. The quantitative estimate of drug-likeness (QED) is 0.933. The van der Waals surface area contributed by atoms with E-state index in [2.05, 4.69) is 10.3 Å². The predicted octanol–water partition coefficient (Wildman–Crippen LogP) is 3.00. The van der Waals surface area contributed by atoms with Crippen molar-refractivity contribution < 1.29 is 9.59 Å². The van der Waals surface area contributed by atoms with Gasteiger partial charge in [0, 0.05) is 25.2 Å². The number of rotatable bonds is 4. The summed E-state index contributed by atoms with van der Waals surface area (Å²) in [7, 11) is 0. The molecule has 0 saturated carbocycles. The Bertz CT molecular complexity index is 788. The van der Waals surface area contributed by atoms with E-state index in [0.29, 0.717) is 6.54 Å². The zero-order valence-electron chi connectivity index (χ0n) is 14.7. The molecule has 0 unspecified atom stereocenters. The van der Waals surface area contributed by atoms with Crippen LogP contribution in [-0.2, 0) is 11.3 Å². The Morgan fingerprint density at radius 3 is 2.84 bits per heavy atom. The molecule has 2 heterocycles. The summed E-state index contributed by atoms with van der Waals surface area (Å²) in [6.07, 6.45) is 3.69. The Balaban J connectivity index is 1.82. The fraction of sp³-hybridized carbons (Fsp3) is 0.350. The molecule has 0 radical (unpaired) electrons. The molecule has 0 bridgehead atoms. The summed E-state index contributed by atoms with van der Waals surface area (Å²) in [6, 6.07) is 11.7. The lowest BCUT2D eigenvalue weighted by molar-refractivity contribution is -0.119. The van der Waals surface area contributed by atoms with E-state index in [4.69, 9.17) is 0 Å². The number of pyridine rings is 1. The van der Waals surface area contributed by atoms with Crippen molar-refractivity contribution in [1.82, 2.24) is 15.2 Å². The fourth-order valence-electron chi connectivity index (χ4n) is 3.34. The number of aromatic nitrogens is 1. The van der Waals surface area contributed by atoms with Crippen molar-refractivity contribution in [3.05, 3.63) is 65.0 Å². The zero-order chi connectivity index (χ0) is 17.8. The Morgan fingerprint density at radius 1 is 1.28 bits per heavy atom. The summed E-state index contributed by atoms with van der Waals surface area (Å²) >= 11 is 0. The fourth-order valence-corrected chi connectivity index (χ4v) is 3.34. The van der Waals surface area contributed by atoms with E-state index in [0.717, 1.165) is 41.8 Å². The normalized spacial score (nSPS) is 16.7. The Labute approximate surface area is 148 Å². The minimum atomic E-state index is -0.0792. The van der Waals surface area contributed by atoms with Gasteiger partial charge in [-0.1, -0.05) is 18.2 Å². The molecule has 130 valence electrons. The van der Waals surface area contributed by atoms with Crippen LogP contribution in [0.25, 0.3) is 0 Å². The van der Waals surface area contributed by atoms with Crippen molar-refractivity contribution >= 4 is 11.8 Å². The van der Waals surface area contributed by atoms with E-state index in [1.807, 2.05) is 48.2 Å². The molecule has 0 aliphatic carbocycles. The molecule has 5 nitrogen and oxygen atoms in total. The molecule has 2 aromatic rings. The molecular weight excluding hydrogens is 314 g/mol. The van der Waals surface area contributed by atoms with Crippen LogP contribution in [0, 0.1) is 6.92 Å². The van der Waals surface area contributed by atoms with Gasteiger partial charge in [-0.05, 0) is 49.1 Å². The second-order valence-electron chi connectivity index (χ2n) is 6.46. The molecule has 0 spiro atoms. The third-order valence-electron chi connectivity index (χ3n) is 4.63. The summed E-state index contributed by atoms with van der Waals surface area (Å²) in [5.74, 6) is 0.00486. The van der Waals surface area contributed by atoms with Crippen LogP contribution < -0.4 is 5.32 Å². The van der Waals surface area contributed by atoms with Crippen LogP contribution in [0.5, 0.6) is 0 Å². The number of nitrogens with zero attached hydrogens (tertiary/aromatic N) is 2. The minimum Gasteiger partial charge on any atom is -0.351 e. The number of carbonyl (C=O) groups excluding carboxylic acids is 2. The smallest absolute Gasteiger partial charge is 0.254 e. The molecule has 5 heteroatoms. The molecule has 3 rings (SSSR count). The van der Waals surface area contributed by atoms with Gasteiger partial charge in [-0.2, -0.15) is 0 Å². The van der Waals surface area contributed by atoms with Gasteiger partial charge in [-0.25, -0.2) is 0 Å². The van der Waals surface area contributed by atoms with Crippen LogP contribution in [0.3, 0.4) is 0 Å². The van der Waals surface area contributed by atoms with Gasteiger partial charge in [-0.3, -0.25) is 14.6 Å². The van der Waals surface area contributed by atoms with Crippen LogP contribution in [0.2, 0.25) is 0 Å². The van der Waals surface area contributed by atoms with Crippen molar-refractivity contribution in [2.24, 2.45) is 0 Å². The first-order valence-corrected chi connectivity index (χ1v) is 8.62. The Hall–Kier alpha value is -2.69. The van der Waals surface area contributed by atoms with Crippen LogP contribution in [0.15, 0.2) is 42.6 Å². The van der Waals surface area contributed by atoms with Crippen LogP contribution in [0.4, 0.5) is 0 Å². The molecule has 1 N–H and O–H groups in total. The average molecular weight is 337 g/mol. The van der Waals surface area contributed by atoms with Gasteiger partial charge in [-0.15, -0.1) is 0 Å². The van der Waals surface area contributed by atoms with Crippen molar-refractivity contribution in [3.63, 3.8) is 0 Å². The van der Waals surface area contributed by atoms with Gasteiger partial charge in [0.1, 0.15) is 0 Å². The maximum Gasteiger partial charge on any atom is 0.254 e. The highest BCUT2D eigenvalue weighted by Gasteiger charge is 2.31. The third-order valence-corrected chi connectivity index (χ3v) is 4.63. The number of nitrogens with one attached hydrogen (secondary N) is 1. The van der Waals surface area contributed by atoms with Gasteiger partial charge in [0.25, 0.3) is 5.91 Å². The minimum absolute atomic E-state index is 0.0613. The number of amides is 2. The van der Waals surface area contributed by atoms with Crippen LogP contribution >= 0.6 is 0 Å². The highest BCUT2D eigenvalue weighted by Crippen LogP contribution is 2.33. The van der Waals surface area contributed by atoms with Gasteiger partial charge in [0.15, 0.2) is 0 Å². The van der Waals surface area contributed by atoms with Gasteiger partial charge < -0.3 is 10.2 Å².